The number of anilines is 1. The minimum atomic E-state index is -1.66. The number of aliphatic hydroxyl groups excluding tert-OH is 3. The number of carbonyl (C=O) groups excluding carboxylic acids is 3. The van der Waals surface area contributed by atoms with Crippen molar-refractivity contribution in [3.05, 3.63) is 99.1 Å². The minimum absolute atomic E-state index is 0.0263. The van der Waals surface area contributed by atoms with E-state index >= 15 is 4.79 Å². The van der Waals surface area contributed by atoms with Gasteiger partial charge in [-0.2, -0.15) is 0 Å². The van der Waals surface area contributed by atoms with Crippen molar-refractivity contribution >= 4 is 23.4 Å². The number of benzene rings is 3. The molecule has 1 spiro atoms. The molecule has 6 saturated carbocycles. The molecule has 5 heterocycles. The van der Waals surface area contributed by atoms with Crippen LogP contribution in [-0.2, 0) is 43.1 Å². The molecule has 14 heteroatoms. The van der Waals surface area contributed by atoms with E-state index in [9.17, 15) is 40.2 Å². The molecule has 14 bridgehead atoms. The number of phenols is 1. The summed E-state index contributed by atoms with van der Waals surface area (Å²) < 4.78 is 19.7. The number of hydrogen-bond acceptors (Lipinski definition) is 14. The summed E-state index contributed by atoms with van der Waals surface area (Å²) in [5.74, 6) is 11.2. The number of aromatic hydroxyl groups is 1. The average molecular weight is 1200 g/mol. The number of hydrogen-bond donors (Lipinski definition) is 8. The van der Waals surface area contributed by atoms with Crippen molar-refractivity contribution in [2.24, 2.45) is 46.8 Å². The normalized spacial score (nSPS) is 38.4. The van der Waals surface area contributed by atoms with E-state index in [1.807, 2.05) is 49.5 Å². The van der Waals surface area contributed by atoms with Crippen LogP contribution in [0.2, 0.25) is 0 Å². The Labute approximate surface area is 519 Å². The van der Waals surface area contributed by atoms with Crippen LogP contribution in [0.25, 0.3) is 0 Å². The number of rotatable bonds is 4. The zero-order valence-corrected chi connectivity index (χ0v) is 51.6. The van der Waals surface area contributed by atoms with E-state index in [0.717, 1.165) is 108 Å². The van der Waals surface area contributed by atoms with Gasteiger partial charge in [-0.25, -0.2) is 4.79 Å². The Bertz CT molecular complexity index is 3300. The summed E-state index contributed by atoms with van der Waals surface area (Å²) in [6.07, 6.45) is 11.9. The van der Waals surface area contributed by atoms with Gasteiger partial charge >= 0.3 is 11.9 Å². The molecule has 15 atom stereocenters. The lowest BCUT2D eigenvalue weighted by molar-refractivity contribution is -0.228. The van der Waals surface area contributed by atoms with E-state index in [1.165, 1.54) is 0 Å². The van der Waals surface area contributed by atoms with E-state index in [4.69, 9.17) is 14.2 Å². The van der Waals surface area contributed by atoms with E-state index in [0.29, 0.717) is 71.4 Å². The van der Waals surface area contributed by atoms with E-state index in [2.05, 4.69) is 40.4 Å². The molecule has 14 rings (SSSR count). The summed E-state index contributed by atoms with van der Waals surface area (Å²) in [6.45, 7) is 2.19. The number of ketones is 1. The van der Waals surface area contributed by atoms with Crippen molar-refractivity contribution in [1.29, 1.82) is 0 Å². The lowest BCUT2D eigenvalue weighted by Crippen LogP contribution is -2.65. The molecule has 0 aromatic heterocycles. The first-order valence-electron chi connectivity index (χ1n) is 33.7. The first-order valence-corrected chi connectivity index (χ1v) is 33.7. The van der Waals surface area contributed by atoms with Gasteiger partial charge in [0.05, 0.1) is 42.7 Å². The first-order chi connectivity index (χ1) is 42.4. The quantitative estimate of drug-likeness (QED) is 0.0692. The fourth-order valence-electron chi connectivity index (χ4n) is 18.4. The molecule has 0 amide bonds. The molecule has 0 saturated heterocycles. The van der Waals surface area contributed by atoms with Crippen LogP contribution in [-0.4, -0.2) is 111 Å². The Kier molecular flexibility index (Phi) is 17.6. The topological polar surface area (TPSA) is 224 Å². The van der Waals surface area contributed by atoms with Crippen LogP contribution in [0.1, 0.15) is 205 Å². The van der Waals surface area contributed by atoms with Crippen LogP contribution in [0.3, 0.4) is 0 Å². The third kappa shape index (κ3) is 12.1. The molecule has 11 aliphatic rings. The van der Waals surface area contributed by atoms with Crippen LogP contribution >= 0.6 is 0 Å². The molecule has 14 nitrogen and oxygen atoms in total. The lowest BCUT2D eigenvalue weighted by atomic mass is 9.48. The summed E-state index contributed by atoms with van der Waals surface area (Å²) in [7, 11) is 1.95. The number of phenolic OH excluding ortho intramolecular Hbond substituents is 1. The highest BCUT2D eigenvalue weighted by Crippen LogP contribution is 2.60. The van der Waals surface area contributed by atoms with Gasteiger partial charge in [0.2, 0.25) is 0 Å². The highest BCUT2D eigenvalue weighted by Gasteiger charge is 2.62. The second-order valence-corrected chi connectivity index (χ2v) is 29.0. The van der Waals surface area contributed by atoms with Gasteiger partial charge in [-0.15, -0.1) is 0 Å². The number of Topliss-reactive ketones (excluding diaryl/α,β-unsaturated/α-hetero) is 1. The molecule has 6 aliphatic carbocycles. The van der Waals surface area contributed by atoms with Crippen LogP contribution in [0.5, 0.6) is 11.5 Å². The number of carbonyl (C=O) groups is 3. The minimum Gasteiger partial charge on any atom is -0.507 e. The van der Waals surface area contributed by atoms with Crippen molar-refractivity contribution in [1.82, 2.24) is 5.32 Å². The Morgan fingerprint density at radius 2 is 1.53 bits per heavy atom. The second-order valence-electron chi connectivity index (χ2n) is 29.0. The molecule has 470 valence electrons. The predicted molar refractivity (Wildman–Crippen MR) is 333 cm³/mol. The summed E-state index contributed by atoms with van der Waals surface area (Å²) in [4.78, 5) is 44.8. The fourth-order valence-corrected chi connectivity index (χ4v) is 18.4. The molecule has 5 aliphatic heterocycles. The summed E-state index contributed by atoms with van der Waals surface area (Å²) in [5.41, 5.74) is 1.17. The molecule has 6 fully saturated rings. The monoisotopic (exact) mass is 1200 g/mol. The van der Waals surface area contributed by atoms with Gasteiger partial charge in [-0.05, 0) is 198 Å². The largest absolute Gasteiger partial charge is 0.507 e. The highest BCUT2D eigenvalue weighted by atomic mass is 16.6. The van der Waals surface area contributed by atoms with Gasteiger partial charge < -0.3 is 55.5 Å². The molecule has 0 radical (unpaired) electrons. The van der Waals surface area contributed by atoms with Crippen LogP contribution in [0.4, 0.5) is 5.69 Å². The summed E-state index contributed by atoms with van der Waals surface area (Å²) >= 11 is 0. The second kappa shape index (κ2) is 25.3. The highest BCUT2D eigenvalue weighted by molar-refractivity contribution is 5.89. The van der Waals surface area contributed by atoms with Crippen LogP contribution in [0, 0.1) is 70.5 Å². The smallest absolute Gasteiger partial charge is 0.334 e. The standard InChI is InChI=1S/C74H92N2O12/c1-72(84)42-76-55-32-51(31-53(33-55)70(82)73(26-24-46(39-73)40-75-2)25-23-43-15-19-57(20-16-43)86-41-64(72)79)48-17-18-49-38-66(80)88-69-58(49)36-52(68(81)67(69)47-11-4-3-5-12-47)37-65-74(85)61-14-7-6-13-50(61)35-59-60(63(78)22-21-62(59)74)29-45-10-8-9-44(27-45)28-56(77)34-54(30-48)71(83)87-65/h8-10,27,31-34,36,43,46-50,56-57,59-62,64-65,70,75-77,79,81-82,84-85H,3-7,11-16,19-22,24,26,28-30,35,37-42H2,1-2H3/b54-34-/t43?,46-,48-,49-,50+,56-,57?,59+,60-,61-,62-,64+,65-,70+,72+,73-,74+/m1/s1. The predicted octanol–water partition coefficient (Wildman–Crippen LogP) is 9.87. The Hall–Kier alpha value is -5.55. The Morgan fingerprint density at radius 1 is 0.773 bits per heavy atom. The van der Waals surface area contributed by atoms with Crippen molar-refractivity contribution < 1.29 is 59.2 Å². The van der Waals surface area contributed by atoms with Gasteiger partial charge in [-0.1, -0.05) is 92.5 Å². The third-order valence-corrected chi connectivity index (χ3v) is 23.2. The molecule has 3 aromatic rings. The maximum Gasteiger partial charge on any atom is 0.334 e. The van der Waals surface area contributed by atoms with Crippen molar-refractivity contribution in [2.45, 2.75) is 220 Å². The SMILES string of the molecule is CNC[C@@H]1CC[C@]2(C#CC3CCC(CC3)OC[C@H](O)[C@@](C)(O)CNc3cc([C@@H]4C#C[C@@H]5CC(=O)Oc6c5cc(c(O)c6C5CCCCC5)C[C@H]5OC(=O)/C(=C\[C@H](O)Cc6cccc(c6)C[C@H]6C(=O)CC[C@@H]7[C@H]6C[C@@H]6CCCC[C@H]6[C@]75O)C4)cc(c3)[C@@H]2O)C1. The average Bonchev–Trinajstić information content (AvgIpc) is 0.848. The third-order valence-electron chi connectivity index (χ3n) is 23.2. The lowest BCUT2D eigenvalue weighted by Gasteiger charge is -2.59. The first kappa shape index (κ1) is 61.3. The van der Waals surface area contributed by atoms with E-state index < -0.39 is 70.7 Å². The van der Waals surface area contributed by atoms with E-state index in [1.54, 1.807) is 13.0 Å². The zero-order valence-electron chi connectivity index (χ0n) is 51.6. The maximum absolute atomic E-state index is 16.2. The molecule has 0 unspecified atom stereocenters. The molecule has 3 aromatic carbocycles. The molecular weight excluding hydrogens is 1110 g/mol. The van der Waals surface area contributed by atoms with Gasteiger partial charge in [0, 0.05) is 65.9 Å². The number of ether oxygens (including phenoxy) is 3. The van der Waals surface area contributed by atoms with E-state index in [-0.39, 0.29) is 110 Å². The van der Waals surface area contributed by atoms with Gasteiger partial charge in [0.1, 0.15) is 40.7 Å². The number of esters is 2. The summed E-state index contributed by atoms with van der Waals surface area (Å²) in [5, 5.41) is 83.5. The van der Waals surface area contributed by atoms with Crippen molar-refractivity contribution in [2.75, 3.05) is 32.1 Å². The zero-order chi connectivity index (χ0) is 61.1. The molecular formula is C74H92N2O12. The maximum atomic E-state index is 16.2. The van der Waals surface area contributed by atoms with Crippen LogP contribution in [0.15, 0.2) is 60.2 Å². The summed E-state index contributed by atoms with van der Waals surface area (Å²) in [6, 6.07) is 15.6. The van der Waals surface area contributed by atoms with Gasteiger partial charge in [-0.3, -0.25) is 9.59 Å². The Balaban J connectivity index is 1.01. The van der Waals surface area contributed by atoms with Gasteiger partial charge in [0.25, 0.3) is 0 Å². The van der Waals surface area contributed by atoms with Crippen molar-refractivity contribution in [3.8, 4) is 35.2 Å². The number of aliphatic hydroxyl groups is 5. The van der Waals surface area contributed by atoms with Crippen LogP contribution < -0.4 is 15.4 Å². The fraction of sp³-hybridized carbons (Fsp3) is 0.635. The number of fused-ring (bicyclic) bond motifs is 16. The van der Waals surface area contributed by atoms with Gasteiger partial charge in [0.15, 0.2) is 0 Å². The Morgan fingerprint density at radius 3 is 2.34 bits per heavy atom. The number of nitrogens with one attached hydrogen (secondary N) is 2. The molecule has 8 N–H and O–H groups in total. The van der Waals surface area contributed by atoms with Crippen molar-refractivity contribution in [3.63, 3.8) is 0 Å². The molecule has 88 heavy (non-hydrogen) atoms.